The number of pyridine rings is 1. The Morgan fingerprint density at radius 3 is 2.89 bits per heavy atom. The van der Waals surface area contributed by atoms with Crippen LogP contribution in [0, 0.1) is 17.7 Å². The van der Waals surface area contributed by atoms with Gasteiger partial charge in [0.25, 0.3) is 0 Å². The van der Waals surface area contributed by atoms with Gasteiger partial charge in [-0.05, 0) is 78.0 Å². The van der Waals surface area contributed by atoms with E-state index in [0.29, 0.717) is 11.8 Å². The monoisotopic (exact) mass is 392 g/mol. The van der Waals surface area contributed by atoms with Crippen LogP contribution < -0.4 is 0 Å². The second-order valence-corrected chi connectivity index (χ2v) is 8.63. The van der Waals surface area contributed by atoms with Crippen molar-refractivity contribution in [1.29, 1.82) is 0 Å². The van der Waals surface area contributed by atoms with Gasteiger partial charge < -0.3 is 0 Å². The molecule has 3 atom stereocenters. The van der Waals surface area contributed by atoms with Crippen LogP contribution in [0.3, 0.4) is 0 Å². The molecule has 0 N–H and O–H groups in total. The van der Waals surface area contributed by atoms with Crippen LogP contribution >= 0.6 is 11.5 Å². The molecule has 0 aliphatic heterocycles. The number of halogens is 1. The number of benzene rings is 1. The van der Waals surface area contributed by atoms with E-state index < -0.39 is 0 Å². The summed E-state index contributed by atoms with van der Waals surface area (Å²) in [5, 5.41) is 2.24. The van der Waals surface area contributed by atoms with Crippen molar-refractivity contribution in [1.82, 2.24) is 9.36 Å². The van der Waals surface area contributed by atoms with Gasteiger partial charge in [0.15, 0.2) is 0 Å². The lowest BCUT2D eigenvalue weighted by Gasteiger charge is -2.39. The second-order valence-electron chi connectivity index (χ2n) is 8.00. The Balaban J connectivity index is 0.00000205. The third kappa shape index (κ3) is 3.42. The first-order chi connectivity index (χ1) is 13.8. The zero-order chi connectivity index (χ0) is 18.9. The van der Waals surface area contributed by atoms with E-state index in [2.05, 4.69) is 22.5 Å². The maximum atomic E-state index is 13.5. The van der Waals surface area contributed by atoms with Crippen LogP contribution in [0.1, 0.15) is 50.0 Å². The number of aromatic nitrogens is 2. The van der Waals surface area contributed by atoms with Gasteiger partial charge in [-0.3, -0.25) is 4.98 Å². The van der Waals surface area contributed by atoms with Crippen molar-refractivity contribution < 1.29 is 5.82 Å². The van der Waals surface area contributed by atoms with Crippen LogP contribution in [-0.4, -0.2) is 9.36 Å². The van der Waals surface area contributed by atoms with Crippen molar-refractivity contribution in [3.8, 4) is 11.1 Å². The minimum Gasteiger partial charge on any atom is -0.256 e. The van der Waals surface area contributed by atoms with Crippen molar-refractivity contribution in [3.63, 3.8) is 0 Å². The number of hydrogen-bond donors (Lipinski definition) is 0. The lowest BCUT2D eigenvalue weighted by atomic mass is 9.65. The molecule has 1 aromatic carbocycles. The Labute approximate surface area is 170 Å². The third-order valence-electron chi connectivity index (χ3n) is 6.32. The van der Waals surface area contributed by atoms with Crippen molar-refractivity contribution >= 4 is 17.6 Å². The van der Waals surface area contributed by atoms with Crippen LogP contribution in [-0.2, 0) is 6.42 Å². The Morgan fingerprint density at radius 1 is 1.11 bits per heavy atom. The van der Waals surface area contributed by atoms with Crippen molar-refractivity contribution in [2.24, 2.45) is 11.8 Å². The molecule has 2 nitrogen and oxygen atoms in total. The van der Waals surface area contributed by atoms with E-state index in [1.165, 1.54) is 49.4 Å². The molecule has 1 saturated carbocycles. The summed E-state index contributed by atoms with van der Waals surface area (Å²) in [5.74, 6) is 1.70. The van der Waals surface area contributed by atoms with E-state index in [9.17, 15) is 4.39 Å². The molecule has 0 spiro atoms. The maximum Gasteiger partial charge on any atom is 0.123 e. The predicted octanol–water partition coefficient (Wildman–Crippen LogP) is 6.75. The number of nitrogens with zero attached hydrogens (tertiary/aromatic N) is 2. The standard InChI is InChI=1S/C24H23FN2S.H2/c25-20-6-3-5-16(13-20)18-8-9-21(26-14-18)10-11-23-22-7-2-1-4-17(22)12-19-15-28-27-24(19)23;/h3,5-6,8-11,13-15,17,22-23H,1-2,4,7,12H2;1H/b11-10+;/t17-,22?,23-;/m0./s1. The van der Waals surface area contributed by atoms with Gasteiger partial charge >= 0.3 is 0 Å². The highest BCUT2D eigenvalue weighted by molar-refractivity contribution is 7.03. The SMILES string of the molecule is Fc1cccc(-c2ccc(/C=C/[C@@H]3c4nscc4C[C@@H]4CCCCC43)nc2)c1.[HH]. The molecular weight excluding hydrogens is 367 g/mol. The maximum absolute atomic E-state index is 13.5. The lowest BCUT2D eigenvalue weighted by molar-refractivity contribution is 0.201. The van der Waals surface area contributed by atoms with Crippen LogP contribution in [0.5, 0.6) is 0 Å². The normalized spacial score (nSPS) is 24.1. The van der Waals surface area contributed by atoms with Gasteiger partial charge in [0.1, 0.15) is 5.82 Å². The first-order valence-electron chi connectivity index (χ1n) is 10.1. The Hall–Kier alpha value is -2.33. The van der Waals surface area contributed by atoms with Crippen molar-refractivity contribution in [2.75, 3.05) is 0 Å². The molecule has 2 aliphatic rings. The minimum absolute atomic E-state index is 0. The van der Waals surface area contributed by atoms with Gasteiger partial charge in [0.05, 0.1) is 11.4 Å². The first kappa shape index (κ1) is 17.7. The molecule has 2 aliphatic carbocycles. The van der Waals surface area contributed by atoms with E-state index in [1.54, 1.807) is 23.7 Å². The summed E-state index contributed by atoms with van der Waals surface area (Å²) in [7, 11) is 0. The van der Waals surface area contributed by atoms with Gasteiger partial charge in [0.2, 0.25) is 0 Å². The highest BCUT2D eigenvalue weighted by atomic mass is 32.1. The Kier molecular flexibility index (Phi) is 4.81. The molecule has 2 heterocycles. The summed E-state index contributed by atoms with van der Waals surface area (Å²) < 4.78 is 18.2. The molecule has 0 saturated heterocycles. The summed E-state index contributed by atoms with van der Waals surface area (Å²) in [6.07, 6.45) is 12.9. The molecule has 0 amide bonds. The van der Waals surface area contributed by atoms with E-state index in [0.717, 1.165) is 22.7 Å². The molecule has 0 bridgehead atoms. The zero-order valence-corrected chi connectivity index (χ0v) is 16.5. The minimum atomic E-state index is -0.222. The van der Waals surface area contributed by atoms with Gasteiger partial charge in [-0.25, -0.2) is 4.39 Å². The molecule has 2 aromatic heterocycles. The Bertz CT molecular complexity index is 998. The number of allylic oxidation sites excluding steroid dienone is 1. The molecular formula is C24H25FN2S. The summed E-state index contributed by atoms with van der Waals surface area (Å²) >= 11 is 1.60. The summed E-state index contributed by atoms with van der Waals surface area (Å²) in [4.78, 5) is 4.59. The smallest absolute Gasteiger partial charge is 0.123 e. The van der Waals surface area contributed by atoms with Gasteiger partial charge in [-0.2, -0.15) is 4.37 Å². The number of rotatable bonds is 3. The van der Waals surface area contributed by atoms with Crippen molar-refractivity contribution in [2.45, 2.75) is 38.0 Å². The molecule has 144 valence electrons. The molecule has 0 radical (unpaired) electrons. The number of fused-ring (bicyclic) bond motifs is 2. The molecule has 1 unspecified atom stereocenters. The fourth-order valence-electron chi connectivity index (χ4n) is 4.92. The lowest BCUT2D eigenvalue weighted by Crippen LogP contribution is -2.31. The van der Waals surface area contributed by atoms with Crippen molar-refractivity contribution in [3.05, 3.63) is 76.8 Å². The van der Waals surface area contributed by atoms with Crippen LogP contribution in [0.4, 0.5) is 4.39 Å². The third-order valence-corrected chi connectivity index (χ3v) is 7.01. The van der Waals surface area contributed by atoms with Crippen LogP contribution in [0.2, 0.25) is 0 Å². The quantitative estimate of drug-likeness (QED) is 0.493. The fraction of sp³-hybridized carbons (Fsp3) is 0.333. The molecule has 3 aromatic rings. The highest BCUT2D eigenvalue weighted by Crippen LogP contribution is 2.47. The summed E-state index contributed by atoms with van der Waals surface area (Å²) in [6, 6.07) is 10.7. The van der Waals surface area contributed by atoms with Crippen LogP contribution in [0.15, 0.2) is 54.1 Å². The first-order valence-corrected chi connectivity index (χ1v) is 10.9. The number of hydrogen-bond acceptors (Lipinski definition) is 3. The van der Waals surface area contributed by atoms with Gasteiger partial charge in [-0.1, -0.05) is 37.1 Å². The zero-order valence-electron chi connectivity index (χ0n) is 15.7. The largest absolute Gasteiger partial charge is 0.256 e. The predicted molar refractivity (Wildman–Crippen MR) is 115 cm³/mol. The average molecular weight is 393 g/mol. The van der Waals surface area contributed by atoms with E-state index >= 15 is 0 Å². The van der Waals surface area contributed by atoms with E-state index in [4.69, 9.17) is 4.37 Å². The molecule has 5 rings (SSSR count). The summed E-state index contributed by atoms with van der Waals surface area (Å²) in [5.41, 5.74) is 5.48. The molecule has 4 heteroatoms. The molecule has 1 fully saturated rings. The van der Waals surface area contributed by atoms with Gasteiger partial charge in [0, 0.05) is 24.5 Å². The van der Waals surface area contributed by atoms with E-state index in [1.807, 2.05) is 24.4 Å². The fourth-order valence-corrected chi connectivity index (χ4v) is 5.67. The average Bonchev–Trinajstić information content (AvgIpc) is 3.20. The van der Waals surface area contributed by atoms with Gasteiger partial charge in [-0.15, -0.1) is 0 Å². The van der Waals surface area contributed by atoms with E-state index in [-0.39, 0.29) is 7.24 Å². The molecule has 28 heavy (non-hydrogen) atoms. The summed E-state index contributed by atoms with van der Waals surface area (Å²) in [6.45, 7) is 0. The van der Waals surface area contributed by atoms with Crippen LogP contribution in [0.25, 0.3) is 17.2 Å². The second kappa shape index (κ2) is 7.59. The topological polar surface area (TPSA) is 25.8 Å². The highest BCUT2D eigenvalue weighted by Gasteiger charge is 2.38. The Morgan fingerprint density at radius 2 is 2.04 bits per heavy atom.